The van der Waals surface area contributed by atoms with E-state index in [1.54, 1.807) is 6.08 Å². The number of aromatic nitrogens is 2. The summed E-state index contributed by atoms with van der Waals surface area (Å²) < 4.78 is 5.53. The molecule has 30 heavy (non-hydrogen) atoms. The summed E-state index contributed by atoms with van der Waals surface area (Å²) in [6, 6.07) is 16.4. The average Bonchev–Trinajstić information content (AvgIpc) is 2.78. The molecular formula is C26H28N2O2. The van der Waals surface area contributed by atoms with E-state index in [1.165, 1.54) is 0 Å². The van der Waals surface area contributed by atoms with Crippen LogP contribution in [0.4, 0.5) is 0 Å². The van der Waals surface area contributed by atoms with Gasteiger partial charge >= 0.3 is 0 Å². The number of allylic oxidation sites excluding steroid dienone is 1. The van der Waals surface area contributed by atoms with Gasteiger partial charge in [-0.05, 0) is 61.1 Å². The van der Waals surface area contributed by atoms with Crippen LogP contribution < -0.4 is 4.74 Å². The maximum Gasteiger partial charge on any atom is 0.151 e. The summed E-state index contributed by atoms with van der Waals surface area (Å²) in [4.78, 5) is 8.87. The van der Waals surface area contributed by atoms with Crippen LogP contribution in [0.2, 0.25) is 0 Å². The van der Waals surface area contributed by atoms with E-state index in [0.717, 1.165) is 47.3 Å². The third kappa shape index (κ3) is 6.39. The molecule has 4 nitrogen and oxygen atoms in total. The Morgan fingerprint density at radius 3 is 2.07 bits per heavy atom. The van der Waals surface area contributed by atoms with Crippen molar-refractivity contribution in [2.24, 2.45) is 0 Å². The topological polar surface area (TPSA) is 55.2 Å². The van der Waals surface area contributed by atoms with Gasteiger partial charge in [0.2, 0.25) is 0 Å². The molecule has 0 aliphatic carbocycles. The van der Waals surface area contributed by atoms with Crippen molar-refractivity contribution in [3.05, 3.63) is 85.5 Å². The minimum Gasteiger partial charge on any atom is -0.490 e. The van der Waals surface area contributed by atoms with Gasteiger partial charge in [0.15, 0.2) is 5.82 Å². The van der Waals surface area contributed by atoms with Gasteiger partial charge in [-0.3, -0.25) is 0 Å². The maximum atomic E-state index is 9.27. The zero-order valence-corrected chi connectivity index (χ0v) is 17.4. The smallest absolute Gasteiger partial charge is 0.151 e. The van der Waals surface area contributed by atoms with Gasteiger partial charge in [-0.1, -0.05) is 55.1 Å². The van der Waals surface area contributed by atoms with Crippen molar-refractivity contribution >= 4 is 6.08 Å². The Hall–Kier alpha value is -3.24. The fourth-order valence-electron chi connectivity index (χ4n) is 3.05. The molecule has 1 heterocycles. The molecule has 0 spiro atoms. The lowest BCUT2D eigenvalue weighted by atomic mass is 10.0. The van der Waals surface area contributed by atoms with E-state index in [0.29, 0.717) is 12.4 Å². The van der Waals surface area contributed by atoms with Crippen molar-refractivity contribution < 1.29 is 9.84 Å². The van der Waals surface area contributed by atoms with E-state index in [9.17, 15) is 5.11 Å². The lowest BCUT2D eigenvalue weighted by Crippen LogP contribution is -1.97. The molecule has 0 radical (unpaired) electrons. The number of unbranched alkanes of at least 4 members (excludes halogenated alkanes) is 1. The number of aliphatic hydroxyl groups is 1. The van der Waals surface area contributed by atoms with Gasteiger partial charge in [-0.25, -0.2) is 9.97 Å². The van der Waals surface area contributed by atoms with Crippen LogP contribution in [0.1, 0.15) is 32.0 Å². The highest BCUT2D eigenvalue weighted by Crippen LogP contribution is 2.26. The van der Waals surface area contributed by atoms with Crippen molar-refractivity contribution in [1.29, 1.82) is 0 Å². The summed E-state index contributed by atoms with van der Waals surface area (Å²) in [5.41, 5.74) is 4.35. The molecule has 0 amide bonds. The number of benzene rings is 2. The Kier molecular flexibility index (Phi) is 7.93. The zero-order valence-electron chi connectivity index (χ0n) is 17.4. The van der Waals surface area contributed by atoms with E-state index in [2.05, 4.69) is 59.0 Å². The summed E-state index contributed by atoms with van der Waals surface area (Å²) in [6.45, 7) is 5.98. The summed E-state index contributed by atoms with van der Waals surface area (Å²) in [6.07, 6.45) is 11.9. The van der Waals surface area contributed by atoms with Gasteiger partial charge in [0.05, 0.1) is 6.10 Å². The highest BCUT2D eigenvalue weighted by Gasteiger charge is 2.03. The van der Waals surface area contributed by atoms with Gasteiger partial charge in [0.1, 0.15) is 12.4 Å². The summed E-state index contributed by atoms with van der Waals surface area (Å²) >= 11 is 0. The van der Waals surface area contributed by atoms with Gasteiger partial charge in [0, 0.05) is 18.0 Å². The van der Waals surface area contributed by atoms with Crippen molar-refractivity contribution in [2.45, 2.75) is 32.3 Å². The summed E-state index contributed by atoms with van der Waals surface area (Å²) in [5, 5.41) is 9.27. The van der Waals surface area contributed by atoms with Crippen LogP contribution in [0.25, 0.3) is 28.3 Å². The number of aliphatic hydroxyl groups excluding tert-OH is 1. The molecule has 3 rings (SSSR count). The third-order valence-electron chi connectivity index (χ3n) is 4.71. The van der Waals surface area contributed by atoms with E-state index in [1.807, 2.05) is 37.5 Å². The monoisotopic (exact) mass is 400 g/mol. The van der Waals surface area contributed by atoms with E-state index in [-0.39, 0.29) is 6.10 Å². The van der Waals surface area contributed by atoms with Crippen LogP contribution in [0.5, 0.6) is 5.75 Å². The minimum atomic E-state index is -0.240. The van der Waals surface area contributed by atoms with Gasteiger partial charge < -0.3 is 9.84 Å². The molecule has 0 aliphatic heterocycles. The van der Waals surface area contributed by atoms with Gasteiger partial charge in [0.25, 0.3) is 0 Å². The number of hydrogen-bond donors (Lipinski definition) is 1. The first-order chi connectivity index (χ1) is 14.7. The molecule has 0 saturated carbocycles. The minimum absolute atomic E-state index is 0.240. The van der Waals surface area contributed by atoms with Gasteiger partial charge in [-0.15, -0.1) is 0 Å². The first kappa shape index (κ1) is 21.5. The first-order valence-electron chi connectivity index (χ1n) is 10.3. The third-order valence-corrected chi connectivity index (χ3v) is 4.71. The lowest BCUT2D eigenvalue weighted by Gasteiger charge is -2.07. The molecule has 0 bridgehead atoms. The van der Waals surface area contributed by atoms with Crippen LogP contribution in [0.3, 0.4) is 0 Å². The fourth-order valence-corrected chi connectivity index (χ4v) is 3.05. The van der Waals surface area contributed by atoms with E-state index >= 15 is 0 Å². The van der Waals surface area contributed by atoms with Crippen LogP contribution in [0, 0.1) is 0 Å². The van der Waals surface area contributed by atoms with E-state index < -0.39 is 0 Å². The molecule has 0 aliphatic rings. The van der Waals surface area contributed by atoms with Crippen molar-refractivity contribution in [3.8, 4) is 28.0 Å². The van der Waals surface area contributed by atoms with Crippen molar-refractivity contribution in [3.63, 3.8) is 0 Å². The Bertz CT molecular complexity index is 944. The first-order valence-corrected chi connectivity index (χ1v) is 10.3. The largest absolute Gasteiger partial charge is 0.490 e. The van der Waals surface area contributed by atoms with Crippen LogP contribution in [-0.4, -0.2) is 27.8 Å². The number of rotatable bonds is 10. The molecule has 1 N–H and O–H groups in total. The molecule has 1 aromatic heterocycles. The second-order valence-electron chi connectivity index (χ2n) is 7.21. The molecule has 0 saturated heterocycles. The fraction of sp³-hybridized carbons (Fsp3) is 0.231. The van der Waals surface area contributed by atoms with Crippen molar-refractivity contribution in [2.75, 3.05) is 6.61 Å². The highest BCUT2D eigenvalue weighted by molar-refractivity contribution is 5.70. The normalized spacial score (nSPS) is 12.1. The molecule has 154 valence electrons. The predicted octanol–water partition coefficient (Wildman–Crippen LogP) is 5.94. The molecule has 1 unspecified atom stereocenters. The van der Waals surface area contributed by atoms with E-state index in [4.69, 9.17) is 4.74 Å². The molecule has 3 aromatic rings. The number of hydrogen-bond acceptors (Lipinski definition) is 4. The maximum absolute atomic E-state index is 9.27. The summed E-state index contributed by atoms with van der Waals surface area (Å²) in [7, 11) is 0. The second-order valence-corrected chi connectivity index (χ2v) is 7.21. The highest BCUT2D eigenvalue weighted by atomic mass is 16.5. The van der Waals surface area contributed by atoms with Gasteiger partial charge in [-0.2, -0.15) is 0 Å². The second kappa shape index (κ2) is 11.1. The quantitative estimate of drug-likeness (QED) is 0.338. The molecule has 1 atom stereocenters. The zero-order chi connectivity index (χ0) is 21.2. The Balaban J connectivity index is 1.60. The molecule has 4 heteroatoms. The molecular weight excluding hydrogens is 372 g/mol. The molecule has 0 fully saturated rings. The van der Waals surface area contributed by atoms with Crippen LogP contribution in [0.15, 0.2) is 79.7 Å². The Labute approximate surface area is 178 Å². The average molecular weight is 401 g/mol. The van der Waals surface area contributed by atoms with Crippen molar-refractivity contribution in [1.82, 2.24) is 9.97 Å². The molecule has 2 aromatic carbocycles. The lowest BCUT2D eigenvalue weighted by molar-refractivity contribution is 0.182. The Morgan fingerprint density at radius 1 is 0.933 bits per heavy atom. The number of nitrogens with zero attached hydrogens (tertiary/aromatic N) is 2. The van der Waals surface area contributed by atoms with Crippen LogP contribution >= 0.6 is 0 Å². The predicted molar refractivity (Wildman–Crippen MR) is 123 cm³/mol. The van der Waals surface area contributed by atoms with Crippen LogP contribution in [-0.2, 0) is 0 Å². The Morgan fingerprint density at radius 2 is 1.50 bits per heavy atom. The SMILES string of the molecule is C=CCOc1ccc(-c2ccc(-c3cnc(/C=C/CCCC(C)O)nc3)cc2)cc1. The number of ether oxygens (including phenoxy) is 1. The standard InChI is InChI=1S/C26H28N2O2/c1-3-17-30-25-15-13-22(14-16-25)21-9-11-23(12-10-21)24-18-27-26(28-19-24)8-6-4-5-7-20(2)29/h3,6,8-16,18-20,29H,1,4-5,7,17H2,2H3/b8-6+. The summed E-state index contributed by atoms with van der Waals surface area (Å²) in [5.74, 6) is 1.54.